The lowest BCUT2D eigenvalue weighted by molar-refractivity contribution is -0.126. The van der Waals surface area contributed by atoms with Crippen LogP contribution in [0.25, 0.3) is 33.3 Å². The van der Waals surface area contributed by atoms with Crippen LogP contribution in [0, 0.1) is 5.92 Å². The summed E-state index contributed by atoms with van der Waals surface area (Å²) in [5, 5.41) is 4.10. The fraction of sp³-hybridized carbons (Fsp3) is 0.320. The van der Waals surface area contributed by atoms with Gasteiger partial charge in [0.1, 0.15) is 6.04 Å². The lowest BCUT2D eigenvalue weighted by Crippen LogP contribution is -2.47. The maximum Gasteiger partial charge on any atom is 0.279 e. The fourth-order valence-electron chi connectivity index (χ4n) is 4.20. The van der Waals surface area contributed by atoms with Crippen LogP contribution in [0.3, 0.4) is 0 Å². The molecule has 6 nitrogen and oxygen atoms in total. The molecule has 1 aliphatic carbocycles. The van der Waals surface area contributed by atoms with Gasteiger partial charge in [-0.2, -0.15) is 0 Å². The van der Waals surface area contributed by atoms with E-state index in [0.717, 1.165) is 23.7 Å². The van der Waals surface area contributed by atoms with Crippen LogP contribution in [0.2, 0.25) is 0 Å². The summed E-state index contributed by atoms with van der Waals surface area (Å²) in [6, 6.07) is 16.8. The van der Waals surface area contributed by atoms with Crippen molar-refractivity contribution < 1.29 is 4.79 Å². The van der Waals surface area contributed by atoms with Gasteiger partial charge in [0.05, 0.1) is 16.7 Å². The van der Waals surface area contributed by atoms with Crippen LogP contribution in [0.5, 0.6) is 0 Å². The van der Waals surface area contributed by atoms with E-state index in [-0.39, 0.29) is 22.9 Å². The van der Waals surface area contributed by atoms with Crippen molar-refractivity contribution in [2.45, 2.75) is 45.2 Å². The average molecular weight is 415 g/mol. The molecule has 2 heterocycles. The van der Waals surface area contributed by atoms with Crippen molar-refractivity contribution in [1.82, 2.24) is 19.9 Å². The van der Waals surface area contributed by atoms with Crippen molar-refractivity contribution in [2.24, 2.45) is 5.92 Å². The maximum absolute atomic E-state index is 13.8. The van der Waals surface area contributed by atoms with Gasteiger partial charge in [0.15, 0.2) is 5.69 Å². The normalized spacial score (nSPS) is 15.3. The van der Waals surface area contributed by atoms with Crippen LogP contribution < -0.4 is 10.9 Å². The Hall–Kier alpha value is -3.41. The molecule has 1 amide bonds. The highest BCUT2D eigenvalue weighted by atomic mass is 16.2. The summed E-state index contributed by atoms with van der Waals surface area (Å²) in [5.41, 5.74) is 2.71. The molecule has 4 aromatic rings. The summed E-state index contributed by atoms with van der Waals surface area (Å²) >= 11 is 0. The summed E-state index contributed by atoms with van der Waals surface area (Å²) in [4.78, 5) is 35.2. The number of aromatic amines is 1. The molecule has 1 atom stereocenters. The summed E-state index contributed by atoms with van der Waals surface area (Å²) in [6.07, 6.45) is 1.88. The third kappa shape index (κ3) is 3.63. The summed E-state index contributed by atoms with van der Waals surface area (Å²) in [6.45, 7) is 5.87. The largest absolute Gasteiger partial charge is 0.353 e. The Balaban J connectivity index is 1.74. The molecule has 2 aromatic carbocycles. The van der Waals surface area contributed by atoms with E-state index in [1.807, 2.05) is 75.4 Å². The minimum atomic E-state index is -0.553. The number of rotatable bonds is 4. The molecule has 2 aromatic heterocycles. The van der Waals surface area contributed by atoms with Gasteiger partial charge in [-0.05, 0) is 63.8 Å². The van der Waals surface area contributed by atoms with Gasteiger partial charge >= 0.3 is 0 Å². The molecule has 158 valence electrons. The molecule has 6 heteroatoms. The van der Waals surface area contributed by atoms with Crippen molar-refractivity contribution >= 4 is 27.8 Å². The molecular formula is C25H26N4O2. The van der Waals surface area contributed by atoms with Crippen molar-refractivity contribution in [2.75, 3.05) is 0 Å². The highest BCUT2D eigenvalue weighted by molar-refractivity contribution is 5.88. The summed E-state index contributed by atoms with van der Waals surface area (Å²) in [7, 11) is 0. The maximum atomic E-state index is 13.8. The molecule has 0 radical (unpaired) electrons. The van der Waals surface area contributed by atoms with Gasteiger partial charge < -0.3 is 10.3 Å². The minimum Gasteiger partial charge on any atom is -0.353 e. The monoisotopic (exact) mass is 414 g/mol. The predicted octanol–water partition coefficient (Wildman–Crippen LogP) is 4.41. The zero-order chi connectivity index (χ0) is 21.8. The van der Waals surface area contributed by atoms with Crippen LogP contribution in [0.15, 0.2) is 59.4 Å². The number of H-pyrrole nitrogens is 1. The zero-order valence-corrected chi connectivity index (χ0v) is 18.0. The van der Waals surface area contributed by atoms with Crippen LogP contribution >= 0.6 is 0 Å². The Kier molecular flexibility index (Phi) is 4.46. The number of benzene rings is 2. The van der Waals surface area contributed by atoms with Crippen molar-refractivity contribution in [3.63, 3.8) is 0 Å². The molecule has 1 saturated carbocycles. The van der Waals surface area contributed by atoms with Gasteiger partial charge in [-0.1, -0.05) is 30.3 Å². The Bertz CT molecular complexity index is 1320. The van der Waals surface area contributed by atoms with Crippen LogP contribution in [-0.4, -0.2) is 26.0 Å². The Labute approximate surface area is 180 Å². The highest BCUT2D eigenvalue weighted by Crippen LogP contribution is 2.41. The first-order valence-corrected chi connectivity index (χ1v) is 10.7. The van der Waals surface area contributed by atoms with Crippen molar-refractivity contribution in [3.05, 3.63) is 65.0 Å². The number of carbonyl (C=O) groups is 1. The first kappa shape index (κ1) is 19.5. The van der Waals surface area contributed by atoms with Gasteiger partial charge in [0.2, 0.25) is 5.91 Å². The van der Waals surface area contributed by atoms with E-state index in [1.54, 1.807) is 4.57 Å². The lowest BCUT2D eigenvalue weighted by Gasteiger charge is -2.27. The standard InChI is InChI=1S/C25H26N4O2/c1-25(2,3)28-23(30)22(15-12-13-15)29-20-11-7-6-10-18(20)27-21(24(29)31)19-14-16-8-4-5-9-17(16)26-19/h4-11,14-15,22,26H,12-13H2,1-3H3,(H,28,30). The van der Waals surface area contributed by atoms with E-state index in [0.29, 0.717) is 22.4 Å². The van der Waals surface area contributed by atoms with Crippen LogP contribution in [0.1, 0.15) is 39.7 Å². The topological polar surface area (TPSA) is 79.8 Å². The molecule has 1 aliphatic rings. The van der Waals surface area contributed by atoms with E-state index in [9.17, 15) is 9.59 Å². The van der Waals surface area contributed by atoms with Crippen molar-refractivity contribution in [3.8, 4) is 11.4 Å². The second kappa shape index (κ2) is 7.08. The molecule has 0 aliphatic heterocycles. The third-order valence-electron chi connectivity index (χ3n) is 5.69. The van der Waals surface area contributed by atoms with Gasteiger partial charge in [-0.25, -0.2) is 4.98 Å². The number of nitrogens with zero attached hydrogens (tertiary/aromatic N) is 2. The van der Waals surface area contributed by atoms with Gasteiger partial charge in [0, 0.05) is 16.4 Å². The number of amides is 1. The average Bonchev–Trinajstić information content (AvgIpc) is 3.45. The number of fused-ring (bicyclic) bond motifs is 2. The number of hydrogen-bond donors (Lipinski definition) is 2. The first-order valence-electron chi connectivity index (χ1n) is 10.7. The zero-order valence-electron chi connectivity index (χ0n) is 18.0. The highest BCUT2D eigenvalue weighted by Gasteiger charge is 2.40. The second-order valence-corrected chi connectivity index (χ2v) is 9.42. The van der Waals surface area contributed by atoms with Crippen LogP contribution in [-0.2, 0) is 4.79 Å². The number of hydrogen-bond acceptors (Lipinski definition) is 3. The van der Waals surface area contributed by atoms with E-state index >= 15 is 0 Å². The number of aromatic nitrogens is 3. The molecule has 1 fully saturated rings. The molecular weight excluding hydrogens is 388 g/mol. The summed E-state index contributed by atoms with van der Waals surface area (Å²) in [5.74, 6) is 0.0393. The minimum absolute atomic E-state index is 0.115. The molecule has 0 spiro atoms. The second-order valence-electron chi connectivity index (χ2n) is 9.42. The molecule has 31 heavy (non-hydrogen) atoms. The number of carbonyl (C=O) groups excluding carboxylic acids is 1. The Morgan fingerprint density at radius 2 is 1.84 bits per heavy atom. The van der Waals surface area contributed by atoms with E-state index in [4.69, 9.17) is 4.98 Å². The third-order valence-corrected chi connectivity index (χ3v) is 5.69. The first-order chi connectivity index (χ1) is 14.8. The quantitative estimate of drug-likeness (QED) is 0.519. The number of nitrogens with one attached hydrogen (secondary N) is 2. The van der Waals surface area contributed by atoms with E-state index in [1.165, 1.54) is 0 Å². The smallest absolute Gasteiger partial charge is 0.279 e. The number of para-hydroxylation sites is 3. The van der Waals surface area contributed by atoms with Gasteiger partial charge in [-0.3, -0.25) is 14.2 Å². The molecule has 0 saturated heterocycles. The SMILES string of the molecule is CC(C)(C)NC(=O)C(C1CC1)n1c(=O)c(-c2cc3ccccc3[nH]2)nc2ccccc21. The predicted molar refractivity (Wildman–Crippen MR) is 123 cm³/mol. The van der Waals surface area contributed by atoms with E-state index in [2.05, 4.69) is 10.3 Å². The molecule has 5 rings (SSSR count). The fourth-order valence-corrected chi connectivity index (χ4v) is 4.20. The Morgan fingerprint density at radius 3 is 2.55 bits per heavy atom. The van der Waals surface area contributed by atoms with Crippen molar-refractivity contribution in [1.29, 1.82) is 0 Å². The van der Waals surface area contributed by atoms with E-state index < -0.39 is 6.04 Å². The molecule has 2 N–H and O–H groups in total. The van der Waals surface area contributed by atoms with Gasteiger partial charge in [-0.15, -0.1) is 0 Å². The van der Waals surface area contributed by atoms with Gasteiger partial charge in [0.25, 0.3) is 5.56 Å². The molecule has 0 bridgehead atoms. The Morgan fingerprint density at radius 1 is 1.13 bits per heavy atom. The molecule has 1 unspecified atom stereocenters. The summed E-state index contributed by atoms with van der Waals surface area (Å²) < 4.78 is 1.67. The lowest BCUT2D eigenvalue weighted by atomic mass is 10.1. The van der Waals surface area contributed by atoms with Crippen LogP contribution in [0.4, 0.5) is 0 Å².